The molecule has 0 spiro atoms. The molecule has 3 heteroatoms. The molecule has 0 saturated heterocycles. The summed E-state index contributed by atoms with van der Waals surface area (Å²) in [7, 11) is 0. The maximum absolute atomic E-state index is 10.3. The van der Waals surface area contributed by atoms with Crippen molar-refractivity contribution in [3.8, 4) is 5.75 Å². The van der Waals surface area contributed by atoms with Crippen LogP contribution in [0.4, 0.5) is 0 Å². The van der Waals surface area contributed by atoms with E-state index >= 15 is 0 Å². The first-order chi connectivity index (χ1) is 5.65. The van der Waals surface area contributed by atoms with Crippen molar-refractivity contribution in [2.75, 3.05) is 0 Å². The van der Waals surface area contributed by atoms with Crippen LogP contribution in [-0.4, -0.2) is 11.4 Å². The highest BCUT2D eigenvalue weighted by molar-refractivity contribution is 14.1. The second-order valence-corrected chi connectivity index (χ2v) is 3.71. The van der Waals surface area contributed by atoms with E-state index < -0.39 is 0 Å². The van der Waals surface area contributed by atoms with Crippen molar-refractivity contribution < 1.29 is 9.90 Å². The number of hydrogen-bond acceptors (Lipinski definition) is 2. The fourth-order valence-corrected chi connectivity index (χ4v) is 1.40. The first kappa shape index (κ1) is 9.51. The Kier molecular flexibility index (Phi) is 3.08. The van der Waals surface area contributed by atoms with Gasteiger partial charge in [-0.2, -0.15) is 0 Å². The van der Waals surface area contributed by atoms with Crippen LogP contribution >= 0.6 is 22.6 Å². The molecule has 1 rings (SSSR count). The molecule has 1 aromatic carbocycles. The molecule has 0 aliphatic heterocycles. The van der Waals surface area contributed by atoms with Crippen molar-refractivity contribution in [2.24, 2.45) is 0 Å². The molecule has 0 saturated carbocycles. The van der Waals surface area contributed by atoms with Gasteiger partial charge in [-0.15, -0.1) is 0 Å². The van der Waals surface area contributed by atoms with E-state index in [1.807, 2.05) is 28.9 Å². The third-order valence-electron chi connectivity index (χ3n) is 1.65. The molecule has 2 nitrogen and oxygen atoms in total. The summed E-state index contributed by atoms with van der Waals surface area (Å²) in [6.45, 7) is 1.77. The van der Waals surface area contributed by atoms with Gasteiger partial charge in [0.1, 0.15) is 5.75 Å². The maximum Gasteiger partial charge on any atom is 0.206 e. The van der Waals surface area contributed by atoms with Gasteiger partial charge in [0.05, 0.1) is 3.57 Å². The van der Waals surface area contributed by atoms with E-state index in [1.54, 1.807) is 25.1 Å². The first-order valence-electron chi connectivity index (χ1n) is 3.51. The van der Waals surface area contributed by atoms with Crippen LogP contribution in [0.15, 0.2) is 18.2 Å². The zero-order valence-corrected chi connectivity index (χ0v) is 8.70. The highest BCUT2D eigenvalue weighted by atomic mass is 127. The minimum absolute atomic E-state index is 0.223. The molecule has 1 N–H and O–H groups in total. The van der Waals surface area contributed by atoms with E-state index in [-0.39, 0.29) is 11.7 Å². The Morgan fingerprint density at radius 2 is 2.25 bits per heavy atom. The minimum Gasteiger partial charge on any atom is -0.507 e. The predicted molar refractivity (Wildman–Crippen MR) is 54.9 cm³/mol. The predicted octanol–water partition coefficient (Wildman–Crippen LogP) is 2.21. The van der Waals surface area contributed by atoms with E-state index in [2.05, 4.69) is 0 Å². The second-order valence-electron chi connectivity index (χ2n) is 2.55. The summed E-state index contributed by atoms with van der Waals surface area (Å²) in [6.07, 6.45) is 1.89. The van der Waals surface area contributed by atoms with Crippen LogP contribution in [0.2, 0.25) is 0 Å². The average molecular weight is 275 g/mol. The summed E-state index contributed by atoms with van der Waals surface area (Å²) >= 11 is 2.02. The molecular weight excluding hydrogens is 267 g/mol. The van der Waals surface area contributed by atoms with Gasteiger partial charge < -0.3 is 5.11 Å². The molecule has 1 unspecified atom stereocenters. The molecule has 1 atom stereocenters. The summed E-state index contributed by atoms with van der Waals surface area (Å²) in [5.74, 6) is 0.0246. The molecule has 0 bridgehead atoms. The molecule has 1 radical (unpaired) electrons. The summed E-state index contributed by atoms with van der Waals surface area (Å²) < 4.78 is 0.757. The Balaban J connectivity index is 3.04. The van der Waals surface area contributed by atoms with Crippen LogP contribution in [0.3, 0.4) is 0 Å². The average Bonchev–Trinajstić information content (AvgIpc) is 2.08. The van der Waals surface area contributed by atoms with Crippen LogP contribution in [0.5, 0.6) is 5.75 Å². The largest absolute Gasteiger partial charge is 0.507 e. The smallest absolute Gasteiger partial charge is 0.206 e. The molecule has 1 aromatic rings. The van der Waals surface area contributed by atoms with E-state index in [9.17, 15) is 9.90 Å². The topological polar surface area (TPSA) is 37.3 Å². The number of aromatic hydroxyl groups is 1. The number of phenols is 1. The van der Waals surface area contributed by atoms with Gasteiger partial charge in [0.2, 0.25) is 6.29 Å². The van der Waals surface area contributed by atoms with Crippen molar-refractivity contribution in [1.29, 1.82) is 0 Å². The van der Waals surface area contributed by atoms with Crippen LogP contribution in [0.25, 0.3) is 0 Å². The van der Waals surface area contributed by atoms with Gasteiger partial charge in [-0.25, -0.2) is 0 Å². The van der Waals surface area contributed by atoms with E-state index in [1.165, 1.54) is 0 Å². The van der Waals surface area contributed by atoms with Crippen LogP contribution in [0, 0.1) is 3.57 Å². The second kappa shape index (κ2) is 3.89. The fraction of sp³-hybridized carbons (Fsp3) is 0.222. The van der Waals surface area contributed by atoms with Gasteiger partial charge in [-0.05, 0) is 40.3 Å². The van der Waals surface area contributed by atoms with Gasteiger partial charge in [0, 0.05) is 5.92 Å². The zero-order valence-electron chi connectivity index (χ0n) is 6.54. The summed E-state index contributed by atoms with van der Waals surface area (Å²) in [5, 5.41) is 9.19. The Morgan fingerprint density at radius 1 is 1.58 bits per heavy atom. The number of rotatable bonds is 2. The van der Waals surface area contributed by atoms with Gasteiger partial charge in [0.15, 0.2) is 0 Å². The highest BCUT2D eigenvalue weighted by Gasteiger charge is 2.06. The molecule has 0 fully saturated rings. The van der Waals surface area contributed by atoms with Crippen molar-refractivity contribution in [3.05, 3.63) is 27.3 Å². The summed E-state index contributed by atoms with van der Waals surface area (Å²) in [6, 6.07) is 5.10. The number of phenolic OH excluding ortho intramolecular Hbond substituents is 1. The quantitative estimate of drug-likeness (QED) is 0.840. The third-order valence-corrected chi connectivity index (χ3v) is 2.51. The van der Waals surface area contributed by atoms with Gasteiger partial charge >= 0.3 is 0 Å². The third kappa shape index (κ3) is 1.97. The van der Waals surface area contributed by atoms with Gasteiger partial charge in [-0.1, -0.05) is 13.0 Å². The van der Waals surface area contributed by atoms with Crippen LogP contribution in [-0.2, 0) is 4.79 Å². The zero-order chi connectivity index (χ0) is 9.14. The number of benzene rings is 1. The highest BCUT2D eigenvalue weighted by Crippen LogP contribution is 2.23. The van der Waals surface area contributed by atoms with Gasteiger partial charge in [0.25, 0.3) is 0 Å². The molecule has 63 valence electrons. The molecule has 0 heterocycles. The molecule has 12 heavy (non-hydrogen) atoms. The number of carbonyl (C=O) groups excluding carboxylic acids is 1. The summed E-state index contributed by atoms with van der Waals surface area (Å²) in [4.78, 5) is 10.3. The molecule has 0 aliphatic carbocycles. The lowest BCUT2D eigenvalue weighted by atomic mass is 10.0. The Bertz CT molecular complexity index is 297. The lowest BCUT2D eigenvalue weighted by molar-refractivity contribution is 0.471. The summed E-state index contributed by atoms with van der Waals surface area (Å²) in [5.41, 5.74) is 0.882. The fourth-order valence-electron chi connectivity index (χ4n) is 0.861. The first-order valence-corrected chi connectivity index (χ1v) is 4.59. The minimum atomic E-state index is -0.223. The lowest BCUT2D eigenvalue weighted by Gasteiger charge is -2.04. The van der Waals surface area contributed by atoms with Gasteiger partial charge in [-0.3, -0.25) is 4.79 Å². The van der Waals surface area contributed by atoms with Crippen LogP contribution < -0.4 is 0 Å². The molecule has 0 amide bonds. The standard InChI is InChI=1S/C9H8IO2/c1-6(5-11)7-2-3-9(12)8(10)4-7/h2-4,6,12H,1H3. The lowest BCUT2D eigenvalue weighted by Crippen LogP contribution is -1.94. The van der Waals surface area contributed by atoms with E-state index in [0.29, 0.717) is 0 Å². The maximum atomic E-state index is 10.3. The van der Waals surface area contributed by atoms with Crippen molar-refractivity contribution >= 4 is 28.9 Å². The SMILES string of the molecule is CC([C]=O)c1ccc(O)c(I)c1. The number of halogens is 1. The monoisotopic (exact) mass is 275 g/mol. The van der Waals surface area contributed by atoms with Crippen molar-refractivity contribution in [3.63, 3.8) is 0 Å². The van der Waals surface area contributed by atoms with Crippen LogP contribution in [0.1, 0.15) is 18.4 Å². The number of hydrogen-bond donors (Lipinski definition) is 1. The Hall–Kier alpha value is -0.580. The van der Waals surface area contributed by atoms with E-state index in [4.69, 9.17) is 0 Å². The Labute approximate surface area is 84.7 Å². The van der Waals surface area contributed by atoms with E-state index in [0.717, 1.165) is 9.13 Å². The van der Waals surface area contributed by atoms with Crippen molar-refractivity contribution in [1.82, 2.24) is 0 Å². The Morgan fingerprint density at radius 3 is 2.75 bits per heavy atom. The molecule has 0 aromatic heterocycles. The molecular formula is C9H8IO2. The van der Waals surface area contributed by atoms with Crippen molar-refractivity contribution in [2.45, 2.75) is 12.8 Å². The molecule has 0 aliphatic rings. The normalized spacial score (nSPS) is 12.5.